The van der Waals surface area contributed by atoms with Crippen molar-refractivity contribution in [2.24, 2.45) is 5.73 Å². The van der Waals surface area contributed by atoms with E-state index in [1.165, 1.54) is 6.07 Å². The summed E-state index contributed by atoms with van der Waals surface area (Å²) in [4.78, 5) is 22.8. The fourth-order valence-corrected chi connectivity index (χ4v) is 2.31. The molecular weight excluding hydrogens is 279 g/mol. The number of esters is 1. The first kappa shape index (κ1) is 13.1. The van der Waals surface area contributed by atoms with Crippen LogP contribution in [0.1, 0.15) is 18.0 Å². The summed E-state index contributed by atoms with van der Waals surface area (Å²) < 4.78 is 5.05. The Kier molecular flexibility index (Phi) is 3.75. The highest BCUT2D eigenvalue weighted by Crippen LogP contribution is 2.40. The number of benzene rings is 1. The van der Waals surface area contributed by atoms with Crippen molar-refractivity contribution >= 4 is 35.1 Å². The van der Waals surface area contributed by atoms with Gasteiger partial charge in [-0.05, 0) is 12.1 Å². The second-order valence-electron chi connectivity index (χ2n) is 3.81. The van der Waals surface area contributed by atoms with E-state index in [0.29, 0.717) is 10.6 Å². The molecular formula is C11H10Cl2N2O3. The molecule has 1 atom stereocenters. The van der Waals surface area contributed by atoms with Crippen molar-refractivity contribution < 1.29 is 14.3 Å². The van der Waals surface area contributed by atoms with Crippen LogP contribution in [-0.2, 0) is 9.59 Å². The lowest BCUT2D eigenvalue weighted by molar-refractivity contribution is -0.136. The van der Waals surface area contributed by atoms with Crippen LogP contribution in [-0.4, -0.2) is 18.4 Å². The maximum Gasteiger partial charge on any atom is 0.313 e. The van der Waals surface area contributed by atoms with Crippen LogP contribution in [0.2, 0.25) is 10.0 Å². The number of carbonyl (C=O) groups is 2. The molecule has 1 aromatic carbocycles. The standard InChI is InChI=1S/C11H10Cl2N2O3/c12-5-1-6-8(15-9(16)4-14)3-10(17)18-11(6)7(13)2-5/h1-2,8H,3-4,14H2,(H,15,16). The number of amides is 1. The number of ether oxygens (including phenoxy) is 1. The van der Waals surface area contributed by atoms with E-state index in [0.717, 1.165) is 0 Å². The van der Waals surface area contributed by atoms with E-state index in [2.05, 4.69) is 5.32 Å². The first-order valence-electron chi connectivity index (χ1n) is 5.20. The Morgan fingerprint density at radius 3 is 2.89 bits per heavy atom. The van der Waals surface area contributed by atoms with Gasteiger partial charge in [0.2, 0.25) is 5.91 Å². The SMILES string of the molecule is NCC(=O)NC1CC(=O)Oc2c(Cl)cc(Cl)cc21. The van der Waals surface area contributed by atoms with Crippen molar-refractivity contribution in [2.75, 3.05) is 6.54 Å². The third-order valence-electron chi connectivity index (χ3n) is 2.52. The lowest BCUT2D eigenvalue weighted by Gasteiger charge is -2.26. The minimum absolute atomic E-state index is 0.0232. The Morgan fingerprint density at radius 2 is 2.22 bits per heavy atom. The topological polar surface area (TPSA) is 81.4 Å². The third kappa shape index (κ3) is 2.58. The summed E-state index contributed by atoms with van der Waals surface area (Å²) in [5.41, 5.74) is 5.80. The van der Waals surface area contributed by atoms with Gasteiger partial charge in [0.1, 0.15) is 0 Å². The van der Waals surface area contributed by atoms with Crippen molar-refractivity contribution in [3.63, 3.8) is 0 Å². The molecule has 1 aliphatic heterocycles. The molecule has 0 radical (unpaired) electrons. The fraction of sp³-hybridized carbons (Fsp3) is 0.273. The summed E-state index contributed by atoms with van der Waals surface area (Å²) in [5.74, 6) is -0.592. The molecule has 0 fully saturated rings. The van der Waals surface area contributed by atoms with Crippen LogP contribution in [0.15, 0.2) is 12.1 Å². The Bertz CT molecular complexity index is 519. The van der Waals surface area contributed by atoms with Gasteiger partial charge in [-0.1, -0.05) is 23.2 Å². The van der Waals surface area contributed by atoms with Gasteiger partial charge in [-0.25, -0.2) is 0 Å². The van der Waals surface area contributed by atoms with Crippen molar-refractivity contribution in [2.45, 2.75) is 12.5 Å². The zero-order chi connectivity index (χ0) is 13.3. The van der Waals surface area contributed by atoms with Crippen LogP contribution < -0.4 is 15.8 Å². The van der Waals surface area contributed by atoms with Crippen LogP contribution in [0.3, 0.4) is 0 Å². The largest absolute Gasteiger partial charge is 0.424 e. The van der Waals surface area contributed by atoms with Gasteiger partial charge in [-0.3, -0.25) is 9.59 Å². The highest BCUT2D eigenvalue weighted by molar-refractivity contribution is 6.35. The summed E-state index contributed by atoms with van der Waals surface area (Å²) >= 11 is 11.8. The smallest absolute Gasteiger partial charge is 0.313 e. The van der Waals surface area contributed by atoms with Crippen molar-refractivity contribution in [3.05, 3.63) is 27.7 Å². The maximum absolute atomic E-state index is 11.4. The minimum Gasteiger partial charge on any atom is -0.424 e. The predicted molar refractivity (Wildman–Crippen MR) is 66.7 cm³/mol. The molecule has 0 saturated heterocycles. The van der Waals surface area contributed by atoms with Crippen LogP contribution in [0, 0.1) is 0 Å². The second-order valence-corrected chi connectivity index (χ2v) is 4.65. The summed E-state index contributed by atoms with van der Waals surface area (Å²) in [6, 6.07) is 2.56. The fourth-order valence-electron chi connectivity index (χ4n) is 1.76. The van der Waals surface area contributed by atoms with E-state index in [1.54, 1.807) is 6.07 Å². The molecule has 1 aliphatic rings. The number of fused-ring (bicyclic) bond motifs is 1. The Hall–Kier alpha value is -1.30. The van der Waals surface area contributed by atoms with Crippen molar-refractivity contribution in [1.29, 1.82) is 0 Å². The number of nitrogens with one attached hydrogen (secondary N) is 1. The third-order valence-corrected chi connectivity index (χ3v) is 3.02. The van der Waals surface area contributed by atoms with Gasteiger partial charge in [-0.15, -0.1) is 0 Å². The number of halogens is 2. The normalized spacial score (nSPS) is 17.9. The quantitative estimate of drug-likeness (QED) is 0.637. The van der Waals surface area contributed by atoms with Gasteiger partial charge < -0.3 is 15.8 Å². The van der Waals surface area contributed by atoms with Crippen LogP contribution in [0.25, 0.3) is 0 Å². The summed E-state index contributed by atoms with van der Waals surface area (Å²) in [7, 11) is 0. The Balaban J connectivity index is 2.41. The van der Waals surface area contributed by atoms with Crippen LogP contribution in [0.4, 0.5) is 0 Å². The Labute approximate surface area is 113 Å². The monoisotopic (exact) mass is 288 g/mol. The first-order chi connectivity index (χ1) is 8.51. The van der Waals surface area contributed by atoms with E-state index >= 15 is 0 Å². The highest BCUT2D eigenvalue weighted by atomic mass is 35.5. The molecule has 2 rings (SSSR count). The van der Waals surface area contributed by atoms with E-state index < -0.39 is 12.0 Å². The molecule has 1 aromatic rings. The van der Waals surface area contributed by atoms with Crippen LogP contribution in [0.5, 0.6) is 5.75 Å². The number of carbonyl (C=O) groups excluding carboxylic acids is 2. The molecule has 1 heterocycles. The van der Waals surface area contributed by atoms with Crippen molar-refractivity contribution in [1.82, 2.24) is 5.32 Å². The zero-order valence-corrected chi connectivity index (χ0v) is 10.7. The predicted octanol–water partition coefficient (Wildman–Crippen LogP) is 1.42. The van der Waals surface area contributed by atoms with E-state index in [9.17, 15) is 9.59 Å². The van der Waals surface area contributed by atoms with E-state index in [1.807, 2.05) is 0 Å². The maximum atomic E-state index is 11.4. The van der Waals surface area contributed by atoms with E-state index in [-0.39, 0.29) is 29.6 Å². The molecule has 0 saturated carbocycles. The summed E-state index contributed by atoms with van der Waals surface area (Å²) in [6.45, 7) is -0.158. The number of nitrogens with two attached hydrogens (primary N) is 1. The Morgan fingerprint density at radius 1 is 1.50 bits per heavy atom. The molecule has 1 amide bonds. The summed E-state index contributed by atoms with van der Waals surface area (Å²) in [5, 5.41) is 3.27. The molecule has 0 spiro atoms. The molecule has 96 valence electrons. The molecule has 1 unspecified atom stereocenters. The molecule has 18 heavy (non-hydrogen) atoms. The van der Waals surface area contributed by atoms with Gasteiger partial charge in [0.15, 0.2) is 5.75 Å². The molecule has 7 heteroatoms. The molecule has 0 aromatic heterocycles. The highest BCUT2D eigenvalue weighted by Gasteiger charge is 2.30. The molecule has 5 nitrogen and oxygen atoms in total. The average Bonchev–Trinajstić information content (AvgIpc) is 2.30. The van der Waals surface area contributed by atoms with Crippen LogP contribution >= 0.6 is 23.2 Å². The minimum atomic E-state index is -0.520. The first-order valence-corrected chi connectivity index (χ1v) is 5.96. The zero-order valence-electron chi connectivity index (χ0n) is 9.20. The van der Waals surface area contributed by atoms with E-state index in [4.69, 9.17) is 33.7 Å². The van der Waals surface area contributed by atoms with Gasteiger partial charge in [-0.2, -0.15) is 0 Å². The van der Waals surface area contributed by atoms with Gasteiger partial charge >= 0.3 is 5.97 Å². The molecule has 3 N–H and O–H groups in total. The summed E-state index contributed by atoms with van der Waals surface area (Å²) in [6.07, 6.45) is 0.0232. The lowest BCUT2D eigenvalue weighted by atomic mass is 10.00. The average molecular weight is 289 g/mol. The number of rotatable bonds is 2. The molecule has 0 aliphatic carbocycles. The van der Waals surface area contributed by atoms with Gasteiger partial charge in [0.05, 0.1) is 24.0 Å². The molecule has 0 bridgehead atoms. The van der Waals surface area contributed by atoms with Crippen molar-refractivity contribution in [3.8, 4) is 5.75 Å². The van der Waals surface area contributed by atoms with Gasteiger partial charge in [0.25, 0.3) is 0 Å². The number of hydrogen-bond donors (Lipinski definition) is 2. The van der Waals surface area contributed by atoms with Gasteiger partial charge in [0, 0.05) is 10.6 Å². The second kappa shape index (κ2) is 5.14. The lowest BCUT2D eigenvalue weighted by Crippen LogP contribution is -2.37. The number of hydrogen-bond acceptors (Lipinski definition) is 4.